The lowest BCUT2D eigenvalue weighted by atomic mass is 9.78. The van der Waals surface area contributed by atoms with Gasteiger partial charge in [0.2, 0.25) is 5.91 Å². The van der Waals surface area contributed by atoms with Crippen LogP contribution in [-0.4, -0.2) is 21.2 Å². The van der Waals surface area contributed by atoms with Crippen LogP contribution in [0.5, 0.6) is 0 Å². The van der Waals surface area contributed by atoms with E-state index < -0.39 is 5.41 Å². The van der Waals surface area contributed by atoms with Crippen molar-refractivity contribution >= 4 is 23.3 Å². The fraction of sp³-hybridized carbons (Fsp3) is 0.346. The summed E-state index contributed by atoms with van der Waals surface area (Å²) in [6.07, 6.45) is 9.00. The Labute approximate surface area is 192 Å². The van der Waals surface area contributed by atoms with E-state index in [1.165, 1.54) is 5.56 Å². The molecule has 1 amide bonds. The summed E-state index contributed by atoms with van der Waals surface area (Å²) in [5, 5.41) is 3.89. The van der Waals surface area contributed by atoms with Crippen molar-refractivity contribution in [3.8, 4) is 5.69 Å². The van der Waals surface area contributed by atoms with Gasteiger partial charge in [-0.2, -0.15) is 0 Å². The van der Waals surface area contributed by atoms with Crippen molar-refractivity contribution < 1.29 is 9.59 Å². The molecule has 1 atom stereocenters. The van der Waals surface area contributed by atoms with E-state index in [1.54, 1.807) is 30.5 Å². The second-order valence-corrected chi connectivity index (χ2v) is 9.38. The Morgan fingerprint density at radius 1 is 1.09 bits per heavy atom. The molecule has 2 aliphatic rings. The third kappa shape index (κ3) is 3.86. The van der Waals surface area contributed by atoms with Gasteiger partial charge in [-0.3, -0.25) is 9.59 Å². The van der Waals surface area contributed by atoms with Crippen LogP contribution in [0.2, 0.25) is 5.02 Å². The minimum Gasteiger partial charge on any atom is -0.346 e. The molecule has 0 saturated heterocycles. The second-order valence-electron chi connectivity index (χ2n) is 8.94. The third-order valence-electron chi connectivity index (χ3n) is 6.95. The van der Waals surface area contributed by atoms with Gasteiger partial charge in [0.15, 0.2) is 5.78 Å². The molecule has 1 aliphatic carbocycles. The van der Waals surface area contributed by atoms with Crippen LogP contribution in [0.15, 0.2) is 60.9 Å². The van der Waals surface area contributed by atoms with Crippen LogP contribution in [0, 0.1) is 5.41 Å². The first kappa shape index (κ1) is 21.0. The molecule has 6 heteroatoms. The van der Waals surface area contributed by atoms with E-state index in [9.17, 15) is 9.59 Å². The number of fused-ring (bicyclic) bond motifs is 3. The van der Waals surface area contributed by atoms with Crippen LogP contribution >= 0.6 is 11.6 Å². The van der Waals surface area contributed by atoms with E-state index >= 15 is 0 Å². The molecule has 0 radical (unpaired) electrons. The molecule has 1 aliphatic heterocycles. The van der Waals surface area contributed by atoms with Gasteiger partial charge < -0.3 is 9.88 Å². The zero-order valence-electron chi connectivity index (χ0n) is 17.9. The van der Waals surface area contributed by atoms with Crippen molar-refractivity contribution in [3.05, 3.63) is 82.9 Å². The number of aromatic nitrogens is 2. The summed E-state index contributed by atoms with van der Waals surface area (Å²) >= 11 is 5.97. The molecule has 164 valence electrons. The summed E-state index contributed by atoms with van der Waals surface area (Å²) in [5.74, 6) is 0.816. The first-order valence-corrected chi connectivity index (χ1v) is 11.6. The van der Waals surface area contributed by atoms with Gasteiger partial charge in [-0.15, -0.1) is 0 Å². The summed E-state index contributed by atoms with van der Waals surface area (Å²) in [6.45, 7) is 0. The lowest BCUT2D eigenvalue weighted by molar-refractivity contribution is -0.131. The lowest BCUT2D eigenvalue weighted by Gasteiger charge is -2.29. The quantitative estimate of drug-likeness (QED) is 0.528. The van der Waals surface area contributed by atoms with Crippen LogP contribution in [0.1, 0.15) is 66.3 Å². The SMILES string of the molecule is O=C(CC1(C(=O)NC2CCc3ccccc3-n3ccnc32)CCCC1)c1ccc(Cl)cc1. The number of rotatable bonds is 5. The van der Waals surface area contributed by atoms with Gasteiger partial charge >= 0.3 is 0 Å². The van der Waals surface area contributed by atoms with Gasteiger partial charge in [-0.05, 0) is 61.6 Å². The number of halogens is 1. The zero-order valence-corrected chi connectivity index (χ0v) is 18.6. The van der Waals surface area contributed by atoms with Crippen LogP contribution in [-0.2, 0) is 11.2 Å². The lowest BCUT2D eigenvalue weighted by Crippen LogP contribution is -2.43. The second kappa shape index (κ2) is 8.55. The summed E-state index contributed by atoms with van der Waals surface area (Å²) < 4.78 is 2.08. The average molecular weight is 448 g/mol. The number of benzene rings is 2. The van der Waals surface area contributed by atoms with Gasteiger partial charge in [0.25, 0.3) is 0 Å². The van der Waals surface area contributed by atoms with Crippen LogP contribution in [0.4, 0.5) is 0 Å². The molecule has 1 unspecified atom stereocenters. The Balaban J connectivity index is 1.38. The number of nitrogens with zero attached hydrogens (tertiary/aromatic N) is 2. The predicted octanol–water partition coefficient (Wildman–Crippen LogP) is 5.46. The van der Waals surface area contributed by atoms with E-state index in [0.717, 1.165) is 50.0 Å². The Kier molecular flexibility index (Phi) is 5.60. The molecule has 5 nitrogen and oxygen atoms in total. The first-order chi connectivity index (χ1) is 15.6. The molecule has 1 saturated carbocycles. The number of hydrogen-bond donors (Lipinski definition) is 1. The maximum absolute atomic E-state index is 13.7. The zero-order chi connectivity index (χ0) is 22.1. The third-order valence-corrected chi connectivity index (χ3v) is 7.20. The summed E-state index contributed by atoms with van der Waals surface area (Å²) in [5.41, 5.74) is 2.31. The standard InChI is InChI=1S/C26H26ClN3O2/c27-20-10-7-19(8-11-20)23(31)17-26(13-3-4-14-26)25(32)29-21-12-9-18-5-1-2-6-22(18)30-16-15-28-24(21)30/h1-2,5-8,10-11,15-16,21H,3-4,9,12-14,17H2,(H,29,32). The number of carbonyl (C=O) groups excluding carboxylic acids is 2. The highest BCUT2D eigenvalue weighted by Gasteiger charge is 2.44. The highest BCUT2D eigenvalue weighted by atomic mass is 35.5. The maximum Gasteiger partial charge on any atom is 0.227 e. The molecule has 2 aromatic carbocycles. The van der Waals surface area contributed by atoms with Gasteiger partial charge in [-0.1, -0.05) is 42.6 Å². The van der Waals surface area contributed by atoms with Gasteiger partial charge in [0.05, 0.1) is 11.5 Å². The van der Waals surface area contributed by atoms with Crippen LogP contribution < -0.4 is 5.32 Å². The number of hydrogen-bond acceptors (Lipinski definition) is 3. The molecule has 1 aromatic heterocycles. The molecule has 0 bridgehead atoms. The number of carbonyl (C=O) groups is 2. The molecular formula is C26H26ClN3O2. The molecule has 1 N–H and O–H groups in total. The highest BCUT2D eigenvalue weighted by molar-refractivity contribution is 6.30. The Morgan fingerprint density at radius 2 is 1.84 bits per heavy atom. The van der Waals surface area contributed by atoms with Gasteiger partial charge in [-0.25, -0.2) is 4.98 Å². The van der Waals surface area contributed by atoms with Crippen molar-refractivity contribution in [2.24, 2.45) is 5.41 Å². The van der Waals surface area contributed by atoms with Crippen molar-refractivity contribution in [1.29, 1.82) is 0 Å². The monoisotopic (exact) mass is 447 g/mol. The minimum atomic E-state index is -0.659. The number of para-hydroxylation sites is 1. The molecule has 5 rings (SSSR count). The van der Waals surface area contributed by atoms with Gasteiger partial charge in [0.1, 0.15) is 5.82 Å². The normalized spacial score (nSPS) is 19.0. The number of amides is 1. The van der Waals surface area contributed by atoms with E-state index in [2.05, 4.69) is 27.0 Å². The Morgan fingerprint density at radius 3 is 2.62 bits per heavy atom. The van der Waals surface area contributed by atoms with Gasteiger partial charge in [0, 0.05) is 35.1 Å². The molecule has 0 spiro atoms. The van der Waals surface area contributed by atoms with E-state index in [4.69, 9.17) is 11.6 Å². The van der Waals surface area contributed by atoms with Crippen molar-refractivity contribution in [2.75, 3.05) is 0 Å². The average Bonchev–Trinajstić information content (AvgIpc) is 3.45. The minimum absolute atomic E-state index is 0.00603. The fourth-order valence-electron chi connectivity index (χ4n) is 5.19. The first-order valence-electron chi connectivity index (χ1n) is 11.3. The van der Waals surface area contributed by atoms with E-state index in [1.807, 2.05) is 18.3 Å². The fourth-order valence-corrected chi connectivity index (χ4v) is 5.32. The molecule has 1 fully saturated rings. The summed E-state index contributed by atoms with van der Waals surface area (Å²) in [4.78, 5) is 31.3. The number of ketones is 1. The van der Waals surface area contributed by atoms with Crippen LogP contribution in [0.3, 0.4) is 0 Å². The Hall–Kier alpha value is -2.92. The summed E-state index contributed by atoms with van der Waals surface area (Å²) in [7, 11) is 0. The van der Waals surface area contributed by atoms with E-state index in [0.29, 0.717) is 10.6 Å². The highest BCUT2D eigenvalue weighted by Crippen LogP contribution is 2.43. The predicted molar refractivity (Wildman–Crippen MR) is 124 cm³/mol. The van der Waals surface area contributed by atoms with E-state index in [-0.39, 0.29) is 24.2 Å². The van der Waals surface area contributed by atoms with Crippen LogP contribution in [0.25, 0.3) is 5.69 Å². The van der Waals surface area contributed by atoms with Crippen molar-refractivity contribution in [2.45, 2.75) is 51.0 Å². The molecule has 3 aromatic rings. The number of Topliss-reactive ketones (excluding diaryl/α,β-unsaturated/α-hetero) is 1. The smallest absolute Gasteiger partial charge is 0.227 e. The molecule has 32 heavy (non-hydrogen) atoms. The Bertz CT molecular complexity index is 1150. The number of imidazole rings is 1. The van der Waals surface area contributed by atoms with Crippen molar-refractivity contribution in [3.63, 3.8) is 0 Å². The number of nitrogens with one attached hydrogen (secondary N) is 1. The maximum atomic E-state index is 13.7. The topological polar surface area (TPSA) is 64.0 Å². The molecular weight excluding hydrogens is 422 g/mol. The number of aryl methyl sites for hydroxylation is 1. The largest absolute Gasteiger partial charge is 0.346 e. The molecule has 2 heterocycles. The summed E-state index contributed by atoms with van der Waals surface area (Å²) in [6, 6.07) is 15.0. The van der Waals surface area contributed by atoms with Crippen molar-refractivity contribution in [1.82, 2.24) is 14.9 Å².